The number of carbonyl (C=O) groups excluding carboxylic acids is 2. The van der Waals surface area contributed by atoms with E-state index in [1.807, 2.05) is 15.2 Å². The summed E-state index contributed by atoms with van der Waals surface area (Å²) < 4.78 is 14.1. The number of nitrogens with zero attached hydrogens (tertiary/aromatic N) is 4. The van der Waals surface area contributed by atoms with Gasteiger partial charge in [0.1, 0.15) is 5.82 Å². The molecular weight excluding hydrogens is 463 g/mol. The number of amides is 2. The van der Waals surface area contributed by atoms with E-state index < -0.39 is 0 Å². The molecular formula is C24H22ClFN4O2S. The third-order valence-electron chi connectivity index (χ3n) is 6.25. The van der Waals surface area contributed by atoms with Crippen molar-refractivity contribution in [1.82, 2.24) is 19.7 Å². The lowest BCUT2D eigenvalue weighted by Crippen LogP contribution is -2.64. The second-order valence-corrected chi connectivity index (χ2v) is 9.56. The van der Waals surface area contributed by atoms with Gasteiger partial charge in [0.25, 0.3) is 11.8 Å². The molecule has 2 aliphatic heterocycles. The number of hydrogen-bond donors (Lipinski definition) is 0. The summed E-state index contributed by atoms with van der Waals surface area (Å²) in [7, 11) is 0. The predicted molar refractivity (Wildman–Crippen MR) is 126 cm³/mol. The second-order valence-electron chi connectivity index (χ2n) is 8.23. The summed E-state index contributed by atoms with van der Waals surface area (Å²) >= 11 is 7.35. The van der Waals surface area contributed by atoms with E-state index >= 15 is 0 Å². The van der Waals surface area contributed by atoms with Crippen LogP contribution in [-0.2, 0) is 0 Å². The summed E-state index contributed by atoms with van der Waals surface area (Å²) in [5.41, 5.74) is 1.68. The summed E-state index contributed by atoms with van der Waals surface area (Å²) in [5.74, 6) is -0.379. The Morgan fingerprint density at radius 3 is 2.36 bits per heavy atom. The zero-order chi connectivity index (χ0) is 22.9. The van der Waals surface area contributed by atoms with Crippen LogP contribution in [0.5, 0.6) is 0 Å². The fourth-order valence-corrected chi connectivity index (χ4v) is 5.07. The van der Waals surface area contributed by atoms with Crippen molar-refractivity contribution >= 4 is 34.8 Å². The van der Waals surface area contributed by atoms with Gasteiger partial charge in [-0.1, -0.05) is 23.7 Å². The Bertz CT molecular complexity index is 1160. The minimum atomic E-state index is -0.350. The largest absolute Gasteiger partial charge is 0.335 e. The van der Waals surface area contributed by atoms with Crippen LogP contribution in [0, 0.1) is 5.82 Å². The smallest absolute Gasteiger partial charge is 0.282 e. The van der Waals surface area contributed by atoms with Crippen LogP contribution in [0.3, 0.4) is 0 Å². The Morgan fingerprint density at radius 1 is 0.970 bits per heavy atom. The first-order valence-corrected chi connectivity index (χ1v) is 12.0. The van der Waals surface area contributed by atoms with E-state index in [0.29, 0.717) is 58.9 Å². The molecule has 6 nitrogen and oxygen atoms in total. The fourth-order valence-electron chi connectivity index (χ4n) is 4.30. The van der Waals surface area contributed by atoms with Gasteiger partial charge < -0.3 is 9.80 Å². The summed E-state index contributed by atoms with van der Waals surface area (Å²) in [6.45, 7) is 4.27. The molecule has 3 aromatic rings. The first-order valence-electron chi connectivity index (χ1n) is 10.8. The van der Waals surface area contributed by atoms with Gasteiger partial charge in [0.05, 0.1) is 0 Å². The molecule has 33 heavy (non-hydrogen) atoms. The predicted octanol–water partition coefficient (Wildman–Crippen LogP) is 3.89. The number of rotatable bonds is 4. The Morgan fingerprint density at radius 2 is 1.70 bits per heavy atom. The highest BCUT2D eigenvalue weighted by Gasteiger charge is 2.37. The average Bonchev–Trinajstić information content (AvgIpc) is 3.35. The Hall–Kier alpha value is -2.81. The summed E-state index contributed by atoms with van der Waals surface area (Å²) in [4.78, 5) is 35.4. The lowest BCUT2D eigenvalue weighted by atomic mass is 10.0. The topological polar surface area (TPSA) is 56.8 Å². The number of piperazine rings is 1. The normalized spacial score (nSPS) is 17.2. The van der Waals surface area contributed by atoms with Crippen molar-refractivity contribution < 1.29 is 14.0 Å². The van der Waals surface area contributed by atoms with Crippen LogP contribution in [-0.4, -0.2) is 76.8 Å². The number of hydrogen-bond acceptors (Lipinski definition) is 5. The van der Waals surface area contributed by atoms with E-state index in [9.17, 15) is 14.0 Å². The molecule has 1 aromatic heterocycles. The van der Waals surface area contributed by atoms with Crippen LogP contribution in [0.2, 0.25) is 5.02 Å². The molecule has 0 atom stereocenters. The highest BCUT2D eigenvalue weighted by Crippen LogP contribution is 2.27. The van der Waals surface area contributed by atoms with Crippen molar-refractivity contribution in [3.63, 3.8) is 0 Å². The van der Waals surface area contributed by atoms with Crippen molar-refractivity contribution in [2.45, 2.75) is 6.04 Å². The van der Waals surface area contributed by atoms with Crippen LogP contribution >= 0.6 is 22.9 Å². The first kappa shape index (κ1) is 22.0. The second kappa shape index (κ2) is 9.21. The number of benzene rings is 2. The quantitative estimate of drug-likeness (QED) is 0.564. The van der Waals surface area contributed by atoms with Crippen LogP contribution in [0.25, 0.3) is 11.1 Å². The van der Waals surface area contributed by atoms with Gasteiger partial charge in [-0.05, 0) is 35.9 Å². The van der Waals surface area contributed by atoms with Gasteiger partial charge in [-0.3, -0.25) is 14.5 Å². The molecule has 0 saturated carbocycles. The van der Waals surface area contributed by atoms with Gasteiger partial charge in [0.15, 0.2) is 5.01 Å². The average molecular weight is 485 g/mol. The third-order valence-corrected chi connectivity index (χ3v) is 7.25. The molecule has 3 heterocycles. The fraction of sp³-hybridized carbons (Fsp3) is 0.292. The minimum Gasteiger partial charge on any atom is -0.335 e. The SMILES string of the molecule is O=C(c1ccc(-c2cc(Cl)ccc2F)cc1)N1CC(N2CCN(C(=O)c3nccs3)CC2)C1. The van der Waals surface area contributed by atoms with Gasteiger partial charge in [-0.15, -0.1) is 11.3 Å². The highest BCUT2D eigenvalue weighted by atomic mass is 35.5. The van der Waals surface area contributed by atoms with E-state index in [0.717, 1.165) is 13.1 Å². The molecule has 0 N–H and O–H groups in total. The van der Waals surface area contributed by atoms with Gasteiger partial charge in [-0.2, -0.15) is 0 Å². The molecule has 2 fully saturated rings. The number of halogens is 2. The van der Waals surface area contributed by atoms with E-state index in [-0.39, 0.29) is 17.6 Å². The number of aromatic nitrogens is 1. The Balaban J connectivity index is 1.14. The lowest BCUT2D eigenvalue weighted by Gasteiger charge is -2.48. The maximum absolute atomic E-state index is 14.1. The van der Waals surface area contributed by atoms with Crippen molar-refractivity contribution in [3.8, 4) is 11.1 Å². The van der Waals surface area contributed by atoms with Gasteiger partial charge >= 0.3 is 0 Å². The number of carbonyl (C=O) groups is 2. The van der Waals surface area contributed by atoms with Crippen molar-refractivity contribution in [3.05, 3.63) is 75.5 Å². The molecule has 0 radical (unpaired) electrons. The zero-order valence-electron chi connectivity index (χ0n) is 17.8. The summed E-state index contributed by atoms with van der Waals surface area (Å²) in [6.07, 6.45) is 1.65. The molecule has 0 aliphatic carbocycles. The van der Waals surface area contributed by atoms with Crippen molar-refractivity contribution in [1.29, 1.82) is 0 Å². The molecule has 0 unspecified atom stereocenters. The monoisotopic (exact) mass is 484 g/mol. The molecule has 170 valence electrons. The highest BCUT2D eigenvalue weighted by molar-refractivity contribution is 7.11. The van der Waals surface area contributed by atoms with E-state index in [2.05, 4.69) is 9.88 Å². The van der Waals surface area contributed by atoms with E-state index in [1.165, 1.54) is 23.5 Å². The van der Waals surface area contributed by atoms with Crippen LogP contribution < -0.4 is 0 Å². The van der Waals surface area contributed by atoms with E-state index in [4.69, 9.17) is 11.6 Å². The van der Waals surface area contributed by atoms with Crippen LogP contribution in [0.4, 0.5) is 4.39 Å². The molecule has 2 aliphatic rings. The molecule has 9 heteroatoms. The third kappa shape index (κ3) is 4.51. The summed E-state index contributed by atoms with van der Waals surface area (Å²) in [6, 6.07) is 11.7. The van der Waals surface area contributed by atoms with Crippen molar-refractivity contribution in [2.24, 2.45) is 0 Å². The Kier molecular flexibility index (Phi) is 6.14. The maximum Gasteiger partial charge on any atom is 0.282 e. The molecule has 2 aromatic carbocycles. The molecule has 5 rings (SSSR count). The van der Waals surface area contributed by atoms with Gasteiger partial charge in [0, 0.05) is 73.0 Å². The lowest BCUT2D eigenvalue weighted by molar-refractivity contribution is 0.00853. The molecule has 0 bridgehead atoms. The van der Waals surface area contributed by atoms with Crippen LogP contribution in [0.1, 0.15) is 20.2 Å². The zero-order valence-corrected chi connectivity index (χ0v) is 19.4. The minimum absolute atomic E-state index is 0.00355. The van der Waals surface area contributed by atoms with E-state index in [1.54, 1.807) is 36.5 Å². The van der Waals surface area contributed by atoms with Crippen LogP contribution in [0.15, 0.2) is 54.0 Å². The number of likely N-dealkylation sites (tertiary alicyclic amines) is 1. The van der Waals surface area contributed by atoms with Gasteiger partial charge in [0.2, 0.25) is 0 Å². The first-order chi connectivity index (χ1) is 16.0. The molecule has 0 spiro atoms. The Labute approximate surface area is 200 Å². The molecule has 2 saturated heterocycles. The standard InChI is InChI=1S/C24H22ClFN4O2S/c25-18-5-6-21(26)20(13-18)16-1-3-17(4-2-16)23(31)30-14-19(15-30)28-8-10-29(11-9-28)24(32)22-27-7-12-33-22/h1-7,12-13,19H,8-11,14-15H2. The van der Waals surface area contributed by atoms with Gasteiger partial charge in [-0.25, -0.2) is 9.37 Å². The number of thiazole rings is 1. The molecule has 2 amide bonds. The summed E-state index contributed by atoms with van der Waals surface area (Å²) in [5, 5.41) is 2.81. The maximum atomic E-state index is 14.1. The van der Waals surface area contributed by atoms with Crippen molar-refractivity contribution in [2.75, 3.05) is 39.3 Å².